The summed E-state index contributed by atoms with van der Waals surface area (Å²) in [6, 6.07) is 13.4. The number of hydrogen-bond acceptors (Lipinski definition) is 5. The van der Waals surface area contributed by atoms with E-state index in [0.717, 1.165) is 10.6 Å². The molecule has 23 heavy (non-hydrogen) atoms. The van der Waals surface area contributed by atoms with Gasteiger partial charge in [0.05, 0.1) is 18.9 Å². The molecule has 5 nitrogen and oxygen atoms in total. The fourth-order valence-electron chi connectivity index (χ4n) is 2.05. The smallest absolute Gasteiger partial charge is 0.119 e. The third-order valence-electron chi connectivity index (χ3n) is 3.18. The molecule has 3 aromatic rings. The molecule has 1 N–H and O–H groups in total. The quantitative estimate of drug-likeness (QED) is 0.690. The molecule has 0 fully saturated rings. The van der Waals surface area contributed by atoms with Crippen LogP contribution in [0.3, 0.4) is 0 Å². The molecule has 0 aliphatic rings. The molecular formula is C17H18N2O3S. The molecule has 6 heteroatoms. The van der Waals surface area contributed by atoms with Crippen LogP contribution in [0.2, 0.25) is 0 Å². The predicted octanol–water partition coefficient (Wildman–Crippen LogP) is 2.89. The van der Waals surface area contributed by atoms with Crippen LogP contribution in [0, 0.1) is 0 Å². The molecule has 0 spiro atoms. The lowest BCUT2D eigenvalue weighted by atomic mass is 10.3. The zero-order valence-electron chi connectivity index (χ0n) is 12.5. The van der Waals surface area contributed by atoms with Crippen LogP contribution in [-0.4, -0.2) is 34.2 Å². The van der Waals surface area contributed by atoms with E-state index >= 15 is 0 Å². The monoisotopic (exact) mass is 330 g/mol. The summed E-state index contributed by atoms with van der Waals surface area (Å²) in [5, 5.41) is 16.1. The molecule has 2 aromatic heterocycles. The SMILES string of the molecule is OC(COCc1cccs1)COc1ccc(-n2cccn2)cc1. The summed E-state index contributed by atoms with van der Waals surface area (Å²) in [6.07, 6.45) is 2.96. The number of ether oxygens (including phenoxy) is 2. The summed E-state index contributed by atoms with van der Waals surface area (Å²) in [7, 11) is 0. The van der Waals surface area contributed by atoms with Gasteiger partial charge in [-0.3, -0.25) is 0 Å². The number of aliphatic hydroxyl groups excluding tert-OH is 1. The summed E-state index contributed by atoms with van der Waals surface area (Å²) in [4.78, 5) is 1.15. The number of nitrogens with zero attached hydrogens (tertiary/aromatic N) is 2. The molecule has 0 radical (unpaired) electrons. The standard InChI is InChI=1S/C17H18N2O3S/c20-15(11-21-13-17-3-1-10-23-17)12-22-16-6-4-14(5-7-16)19-9-2-8-18-19/h1-10,15,20H,11-13H2. The van der Waals surface area contributed by atoms with Gasteiger partial charge in [0.1, 0.15) is 18.5 Å². The van der Waals surface area contributed by atoms with E-state index in [2.05, 4.69) is 5.10 Å². The number of aliphatic hydroxyl groups is 1. The van der Waals surface area contributed by atoms with Crippen LogP contribution in [0.15, 0.2) is 60.2 Å². The van der Waals surface area contributed by atoms with Crippen molar-refractivity contribution in [2.75, 3.05) is 13.2 Å². The molecule has 0 aliphatic heterocycles. The third-order valence-corrected chi connectivity index (χ3v) is 4.03. The van der Waals surface area contributed by atoms with Crippen LogP contribution in [0.5, 0.6) is 5.75 Å². The van der Waals surface area contributed by atoms with Gasteiger partial charge in [-0.2, -0.15) is 5.10 Å². The van der Waals surface area contributed by atoms with Gasteiger partial charge in [-0.15, -0.1) is 11.3 Å². The summed E-state index contributed by atoms with van der Waals surface area (Å²) in [5.74, 6) is 0.707. The summed E-state index contributed by atoms with van der Waals surface area (Å²) >= 11 is 1.64. The lowest BCUT2D eigenvalue weighted by Gasteiger charge is -2.13. The van der Waals surface area contributed by atoms with E-state index < -0.39 is 6.10 Å². The van der Waals surface area contributed by atoms with Gasteiger partial charge < -0.3 is 14.6 Å². The fraction of sp³-hybridized carbons (Fsp3) is 0.235. The van der Waals surface area contributed by atoms with E-state index in [-0.39, 0.29) is 13.2 Å². The van der Waals surface area contributed by atoms with Gasteiger partial charge in [0, 0.05) is 17.3 Å². The van der Waals surface area contributed by atoms with Gasteiger partial charge in [0.15, 0.2) is 0 Å². The van der Waals surface area contributed by atoms with Gasteiger partial charge in [0.2, 0.25) is 0 Å². The van der Waals surface area contributed by atoms with Crippen LogP contribution in [0.4, 0.5) is 0 Å². The molecule has 1 aromatic carbocycles. The highest BCUT2D eigenvalue weighted by molar-refractivity contribution is 7.09. The molecule has 0 aliphatic carbocycles. The number of rotatable bonds is 8. The average molecular weight is 330 g/mol. The van der Waals surface area contributed by atoms with Gasteiger partial charge >= 0.3 is 0 Å². The lowest BCUT2D eigenvalue weighted by Crippen LogP contribution is -2.23. The second kappa shape index (κ2) is 7.92. The largest absolute Gasteiger partial charge is 0.491 e. The van der Waals surface area contributed by atoms with Crippen LogP contribution < -0.4 is 4.74 Å². The average Bonchev–Trinajstić information content (AvgIpc) is 3.27. The predicted molar refractivity (Wildman–Crippen MR) is 89.0 cm³/mol. The van der Waals surface area contributed by atoms with E-state index in [1.807, 2.05) is 54.0 Å². The third kappa shape index (κ3) is 4.66. The minimum absolute atomic E-state index is 0.200. The first-order valence-corrected chi connectivity index (χ1v) is 8.20. The molecule has 1 atom stereocenters. The Bertz CT molecular complexity index is 681. The first-order chi connectivity index (χ1) is 11.3. The first-order valence-electron chi connectivity index (χ1n) is 7.32. The maximum Gasteiger partial charge on any atom is 0.119 e. The molecule has 0 saturated carbocycles. The molecule has 0 amide bonds. The molecule has 1 unspecified atom stereocenters. The second-order valence-corrected chi connectivity index (χ2v) is 6.04. The summed E-state index contributed by atoms with van der Waals surface area (Å²) < 4.78 is 12.8. The van der Waals surface area contributed by atoms with Crippen LogP contribution in [0.25, 0.3) is 5.69 Å². The van der Waals surface area contributed by atoms with Gasteiger partial charge in [-0.25, -0.2) is 4.68 Å². The highest BCUT2D eigenvalue weighted by Crippen LogP contribution is 2.15. The van der Waals surface area contributed by atoms with Crippen LogP contribution in [-0.2, 0) is 11.3 Å². The Hall–Kier alpha value is -2.15. The van der Waals surface area contributed by atoms with E-state index in [9.17, 15) is 5.11 Å². The number of thiophene rings is 1. The Balaban J connectivity index is 1.41. The minimum Gasteiger partial charge on any atom is -0.491 e. The highest BCUT2D eigenvalue weighted by atomic mass is 32.1. The Morgan fingerprint density at radius 3 is 2.70 bits per heavy atom. The topological polar surface area (TPSA) is 56.5 Å². The first kappa shape index (κ1) is 15.7. The van der Waals surface area contributed by atoms with Crippen molar-refractivity contribution in [1.82, 2.24) is 9.78 Å². The van der Waals surface area contributed by atoms with Crippen molar-refractivity contribution < 1.29 is 14.6 Å². The normalized spacial score (nSPS) is 12.2. The molecule has 0 saturated heterocycles. The minimum atomic E-state index is -0.652. The highest BCUT2D eigenvalue weighted by Gasteiger charge is 2.06. The number of benzene rings is 1. The van der Waals surface area contributed by atoms with Gasteiger partial charge in [-0.05, 0) is 41.8 Å². The molecule has 120 valence electrons. The lowest BCUT2D eigenvalue weighted by molar-refractivity contribution is 0.00625. The zero-order chi connectivity index (χ0) is 15.9. The van der Waals surface area contributed by atoms with E-state index in [0.29, 0.717) is 12.4 Å². The van der Waals surface area contributed by atoms with Gasteiger partial charge in [-0.1, -0.05) is 6.07 Å². The molecular weight excluding hydrogens is 312 g/mol. The van der Waals surface area contributed by atoms with E-state index in [4.69, 9.17) is 9.47 Å². The summed E-state index contributed by atoms with van der Waals surface area (Å²) in [5.41, 5.74) is 0.960. The van der Waals surface area contributed by atoms with Crippen molar-refractivity contribution in [3.63, 3.8) is 0 Å². The zero-order valence-corrected chi connectivity index (χ0v) is 13.4. The van der Waals surface area contributed by atoms with Crippen molar-refractivity contribution >= 4 is 11.3 Å². The van der Waals surface area contributed by atoms with Gasteiger partial charge in [0.25, 0.3) is 0 Å². The van der Waals surface area contributed by atoms with Crippen LogP contribution >= 0.6 is 11.3 Å². The van der Waals surface area contributed by atoms with Crippen molar-refractivity contribution in [2.24, 2.45) is 0 Å². The van der Waals surface area contributed by atoms with E-state index in [1.165, 1.54) is 0 Å². The Kier molecular flexibility index (Phi) is 5.42. The molecule has 0 bridgehead atoms. The second-order valence-electron chi connectivity index (χ2n) is 5.00. The maximum atomic E-state index is 9.88. The molecule has 2 heterocycles. The maximum absolute atomic E-state index is 9.88. The molecule has 3 rings (SSSR count). The van der Waals surface area contributed by atoms with Crippen LogP contribution in [0.1, 0.15) is 4.88 Å². The fourth-order valence-corrected chi connectivity index (χ4v) is 2.69. The Morgan fingerprint density at radius 1 is 1.13 bits per heavy atom. The Labute approximate surface area is 138 Å². The Morgan fingerprint density at radius 2 is 2.00 bits per heavy atom. The van der Waals surface area contributed by atoms with E-state index in [1.54, 1.807) is 22.2 Å². The van der Waals surface area contributed by atoms with Crippen molar-refractivity contribution in [3.8, 4) is 11.4 Å². The number of hydrogen-bond donors (Lipinski definition) is 1. The van der Waals surface area contributed by atoms with Crippen molar-refractivity contribution in [2.45, 2.75) is 12.7 Å². The van der Waals surface area contributed by atoms with Crippen molar-refractivity contribution in [1.29, 1.82) is 0 Å². The summed E-state index contributed by atoms with van der Waals surface area (Å²) in [6.45, 7) is 0.974. The number of aromatic nitrogens is 2. The van der Waals surface area contributed by atoms with Crippen molar-refractivity contribution in [3.05, 3.63) is 65.1 Å².